The third kappa shape index (κ3) is 4.42. The molecule has 3 N–H and O–H groups in total. The number of aromatic nitrogens is 2. The van der Waals surface area contributed by atoms with E-state index in [9.17, 15) is 4.79 Å². The molecular weight excluding hydrogens is 412 g/mol. The number of carbonyl (C=O) groups is 1. The zero-order chi connectivity index (χ0) is 22.2. The van der Waals surface area contributed by atoms with Crippen LogP contribution in [0.3, 0.4) is 0 Å². The average Bonchev–Trinajstić information content (AvgIpc) is 3.52. The van der Waals surface area contributed by atoms with Crippen molar-refractivity contribution < 1.29 is 4.79 Å². The minimum Gasteiger partial charge on any atom is -0.362 e. The minimum atomic E-state index is -0.332. The topological polar surface area (TPSA) is 87.4 Å². The van der Waals surface area contributed by atoms with Gasteiger partial charge in [-0.25, -0.2) is 9.78 Å². The zero-order valence-corrected chi connectivity index (χ0v) is 19.2. The second kappa shape index (κ2) is 8.54. The highest BCUT2D eigenvalue weighted by Crippen LogP contribution is 2.53. The van der Waals surface area contributed by atoms with Crippen molar-refractivity contribution in [1.29, 1.82) is 0 Å². The second-order valence-electron chi connectivity index (χ2n) is 8.99. The van der Waals surface area contributed by atoms with Crippen LogP contribution in [0.25, 0.3) is 0 Å². The molecule has 1 heterocycles. The maximum atomic E-state index is 12.5. The molecule has 0 atom stereocenters. The van der Waals surface area contributed by atoms with Gasteiger partial charge in [0.05, 0.1) is 5.54 Å². The summed E-state index contributed by atoms with van der Waals surface area (Å²) in [4.78, 5) is 25.6. The maximum Gasteiger partial charge on any atom is 0.315 e. The van der Waals surface area contributed by atoms with E-state index in [2.05, 4.69) is 15.3 Å². The van der Waals surface area contributed by atoms with Crippen molar-refractivity contribution in [3.63, 3.8) is 0 Å². The number of hydrogen-bond donors (Lipinski definition) is 2. The van der Waals surface area contributed by atoms with Crippen LogP contribution in [0.4, 0.5) is 16.6 Å². The lowest BCUT2D eigenvalue weighted by molar-refractivity contribution is 0.116. The molecule has 2 amide bonds. The standard InChI is InChI=1S/C23H31ClN6O/c1-15-14-26-22(28-20(15)29(2)3)27-18-8-10-19(11-9-18)30(21(25)31)23(12-13-23)16-4-6-17(24)7-5-16/h4-7,14,18-19H,8-13H2,1-3H3,(H2,25,31)(H,26,27,28). The van der Waals surface area contributed by atoms with Crippen molar-refractivity contribution in [3.05, 3.63) is 46.6 Å². The van der Waals surface area contributed by atoms with Crippen LogP contribution >= 0.6 is 11.6 Å². The molecule has 4 rings (SSSR count). The Morgan fingerprint density at radius 3 is 2.35 bits per heavy atom. The van der Waals surface area contributed by atoms with Gasteiger partial charge in [-0.3, -0.25) is 0 Å². The Balaban J connectivity index is 1.43. The van der Waals surface area contributed by atoms with Crippen LogP contribution in [0, 0.1) is 6.92 Å². The molecule has 8 heteroatoms. The summed E-state index contributed by atoms with van der Waals surface area (Å²) < 4.78 is 0. The number of aryl methyl sites for hydroxylation is 1. The number of carbonyl (C=O) groups excluding carboxylic acids is 1. The van der Waals surface area contributed by atoms with Crippen LogP contribution in [-0.4, -0.2) is 47.1 Å². The normalized spacial score (nSPS) is 21.9. The molecule has 1 aromatic carbocycles. The highest BCUT2D eigenvalue weighted by Gasteiger charge is 2.53. The van der Waals surface area contributed by atoms with Crippen LogP contribution < -0.4 is 16.0 Å². The number of urea groups is 1. The lowest BCUT2D eigenvalue weighted by Crippen LogP contribution is -2.52. The highest BCUT2D eigenvalue weighted by molar-refractivity contribution is 6.30. The zero-order valence-electron chi connectivity index (χ0n) is 18.4. The molecule has 7 nitrogen and oxygen atoms in total. The number of nitrogens with zero attached hydrogens (tertiary/aromatic N) is 4. The number of benzene rings is 1. The highest BCUT2D eigenvalue weighted by atomic mass is 35.5. The number of primary amides is 1. The number of hydrogen-bond acceptors (Lipinski definition) is 5. The van der Waals surface area contributed by atoms with Crippen molar-refractivity contribution >= 4 is 29.4 Å². The quantitative estimate of drug-likeness (QED) is 0.696. The van der Waals surface area contributed by atoms with Gasteiger partial charge in [-0.15, -0.1) is 0 Å². The molecule has 2 saturated carbocycles. The van der Waals surface area contributed by atoms with E-state index in [1.165, 1.54) is 0 Å². The molecule has 0 aliphatic heterocycles. The first-order valence-electron chi connectivity index (χ1n) is 10.9. The first-order valence-corrected chi connectivity index (χ1v) is 11.3. The predicted octanol–water partition coefficient (Wildman–Crippen LogP) is 4.30. The fourth-order valence-corrected chi connectivity index (χ4v) is 5.03. The smallest absolute Gasteiger partial charge is 0.315 e. The average molecular weight is 443 g/mol. The van der Waals surface area contributed by atoms with Gasteiger partial charge in [0.2, 0.25) is 5.95 Å². The summed E-state index contributed by atoms with van der Waals surface area (Å²) in [6, 6.07) is 7.92. The molecule has 0 saturated heterocycles. The van der Waals surface area contributed by atoms with Gasteiger partial charge in [-0.1, -0.05) is 23.7 Å². The van der Waals surface area contributed by atoms with E-state index in [1.54, 1.807) is 0 Å². The van der Waals surface area contributed by atoms with Crippen LogP contribution in [-0.2, 0) is 5.54 Å². The van der Waals surface area contributed by atoms with Crippen molar-refractivity contribution in [2.45, 2.75) is 63.1 Å². The monoisotopic (exact) mass is 442 g/mol. The first-order chi connectivity index (χ1) is 14.8. The Morgan fingerprint density at radius 1 is 1.16 bits per heavy atom. The molecule has 166 valence electrons. The Hall–Kier alpha value is -2.54. The number of rotatable bonds is 6. The summed E-state index contributed by atoms with van der Waals surface area (Å²) in [7, 11) is 3.97. The van der Waals surface area contributed by atoms with Crippen LogP contribution in [0.15, 0.2) is 30.5 Å². The Bertz CT molecular complexity index is 936. The molecule has 31 heavy (non-hydrogen) atoms. The molecule has 2 aromatic rings. The van der Waals surface area contributed by atoms with Crippen LogP contribution in [0.5, 0.6) is 0 Å². The fourth-order valence-electron chi connectivity index (χ4n) is 4.90. The van der Waals surface area contributed by atoms with Gasteiger partial charge in [-0.2, -0.15) is 4.98 Å². The van der Waals surface area contributed by atoms with E-state index >= 15 is 0 Å². The van der Waals surface area contributed by atoms with E-state index in [4.69, 9.17) is 17.3 Å². The molecule has 2 aliphatic rings. The summed E-state index contributed by atoms with van der Waals surface area (Å²) in [5, 5.41) is 4.19. The molecule has 0 bridgehead atoms. The van der Waals surface area contributed by atoms with E-state index < -0.39 is 0 Å². The molecule has 2 fully saturated rings. The number of halogens is 1. The van der Waals surface area contributed by atoms with E-state index in [0.29, 0.717) is 11.0 Å². The Morgan fingerprint density at radius 2 is 1.81 bits per heavy atom. The van der Waals surface area contributed by atoms with Crippen LogP contribution in [0.2, 0.25) is 5.02 Å². The van der Waals surface area contributed by atoms with E-state index in [0.717, 1.165) is 55.5 Å². The second-order valence-corrected chi connectivity index (χ2v) is 9.43. The van der Waals surface area contributed by atoms with Crippen molar-refractivity contribution in [2.75, 3.05) is 24.3 Å². The van der Waals surface area contributed by atoms with Gasteiger partial charge >= 0.3 is 6.03 Å². The number of nitrogens with one attached hydrogen (secondary N) is 1. The molecule has 0 unspecified atom stereocenters. The molecule has 1 aromatic heterocycles. The third-order valence-electron chi connectivity index (χ3n) is 6.57. The summed E-state index contributed by atoms with van der Waals surface area (Å²) in [6.45, 7) is 2.01. The minimum absolute atomic E-state index is 0.144. The van der Waals surface area contributed by atoms with Crippen LogP contribution in [0.1, 0.15) is 49.7 Å². The number of nitrogens with two attached hydrogens (primary N) is 1. The van der Waals surface area contributed by atoms with Crippen molar-refractivity contribution in [2.24, 2.45) is 5.73 Å². The third-order valence-corrected chi connectivity index (χ3v) is 6.82. The SMILES string of the molecule is Cc1cnc(NC2CCC(N(C(N)=O)C3(c4ccc(Cl)cc4)CC3)CC2)nc1N(C)C. The summed E-state index contributed by atoms with van der Waals surface area (Å²) in [5.74, 6) is 1.58. The van der Waals surface area contributed by atoms with E-state index in [-0.39, 0.29) is 23.7 Å². The first kappa shape index (κ1) is 21.7. The lowest BCUT2D eigenvalue weighted by Gasteiger charge is -2.41. The maximum absolute atomic E-state index is 12.5. The largest absolute Gasteiger partial charge is 0.362 e. The molecule has 2 aliphatic carbocycles. The summed E-state index contributed by atoms with van der Waals surface area (Å²) in [5.41, 5.74) is 7.80. The molecular formula is C23H31ClN6O. The van der Waals surface area contributed by atoms with Crippen molar-refractivity contribution in [1.82, 2.24) is 14.9 Å². The van der Waals surface area contributed by atoms with Gasteiger partial charge < -0.3 is 20.9 Å². The Kier molecular flexibility index (Phi) is 5.97. The van der Waals surface area contributed by atoms with Gasteiger partial charge in [-0.05, 0) is 63.1 Å². The van der Waals surface area contributed by atoms with Gasteiger partial charge in [0.15, 0.2) is 0 Å². The Labute approximate surface area is 189 Å². The van der Waals surface area contributed by atoms with Gasteiger partial charge in [0, 0.05) is 43.0 Å². The predicted molar refractivity (Wildman–Crippen MR) is 125 cm³/mol. The van der Waals surface area contributed by atoms with Gasteiger partial charge in [0.1, 0.15) is 5.82 Å². The summed E-state index contributed by atoms with van der Waals surface area (Å²) >= 11 is 6.07. The van der Waals surface area contributed by atoms with Crippen molar-refractivity contribution in [3.8, 4) is 0 Å². The lowest BCUT2D eigenvalue weighted by atomic mass is 9.88. The fraction of sp³-hybridized carbons (Fsp3) is 0.522. The van der Waals surface area contributed by atoms with Gasteiger partial charge in [0.25, 0.3) is 0 Å². The molecule has 0 spiro atoms. The summed E-state index contributed by atoms with van der Waals surface area (Å²) in [6.07, 6.45) is 7.44. The molecule has 0 radical (unpaired) electrons. The number of anilines is 2. The number of amides is 2. The van der Waals surface area contributed by atoms with E-state index in [1.807, 2.05) is 61.3 Å².